The third-order valence-electron chi connectivity index (χ3n) is 3.14. The molecule has 1 N–H and O–H groups in total. The number of nitrogens with zero attached hydrogens (tertiary/aromatic N) is 3. The highest BCUT2D eigenvalue weighted by molar-refractivity contribution is 7.19. The summed E-state index contributed by atoms with van der Waals surface area (Å²) in [5.74, 6) is -0.133. The van der Waals surface area contributed by atoms with Crippen molar-refractivity contribution in [1.82, 2.24) is 4.98 Å². The number of hydrogen-bond donors (Lipinski definition) is 1. The van der Waals surface area contributed by atoms with Gasteiger partial charge < -0.3 is 5.11 Å². The summed E-state index contributed by atoms with van der Waals surface area (Å²) >= 11 is 1.36. The van der Waals surface area contributed by atoms with Crippen LogP contribution in [0.2, 0.25) is 0 Å². The number of allylic oxidation sites excluding steroid dienone is 1. The number of para-hydroxylation sites is 1. The van der Waals surface area contributed by atoms with Gasteiger partial charge in [-0.15, -0.1) is 11.3 Å². The van der Waals surface area contributed by atoms with E-state index < -0.39 is 0 Å². The maximum absolute atomic E-state index is 10.4. The van der Waals surface area contributed by atoms with E-state index in [0.717, 1.165) is 10.2 Å². The van der Waals surface area contributed by atoms with E-state index in [-0.39, 0.29) is 11.3 Å². The van der Waals surface area contributed by atoms with Crippen LogP contribution in [-0.2, 0) is 0 Å². The van der Waals surface area contributed by atoms with Gasteiger partial charge in [0.25, 0.3) is 0 Å². The van der Waals surface area contributed by atoms with Crippen LogP contribution in [0.4, 0.5) is 0 Å². The number of benzene rings is 2. The molecule has 0 fully saturated rings. The number of fused-ring (bicyclic) bond motifs is 1. The highest BCUT2D eigenvalue weighted by Gasteiger charge is 2.15. The van der Waals surface area contributed by atoms with Gasteiger partial charge in [-0.3, -0.25) is 0 Å². The highest BCUT2D eigenvalue weighted by Crippen LogP contribution is 2.30. The first-order valence-electron chi connectivity index (χ1n) is 6.42. The van der Waals surface area contributed by atoms with Crippen LogP contribution in [-0.4, -0.2) is 10.1 Å². The predicted molar refractivity (Wildman–Crippen MR) is 85.8 cm³/mol. The molecule has 22 heavy (non-hydrogen) atoms. The van der Waals surface area contributed by atoms with Crippen molar-refractivity contribution < 1.29 is 5.11 Å². The molecule has 5 heteroatoms. The number of rotatable bonds is 2. The first-order valence-corrected chi connectivity index (χ1v) is 7.24. The Hall–Kier alpha value is -3.15. The molecule has 2 aromatic carbocycles. The number of aromatic nitrogens is 1. The van der Waals surface area contributed by atoms with Crippen LogP contribution in [0.1, 0.15) is 16.1 Å². The number of nitriles is 2. The lowest BCUT2D eigenvalue weighted by atomic mass is 10.1. The summed E-state index contributed by atoms with van der Waals surface area (Å²) in [6.07, 6.45) is 0. The van der Waals surface area contributed by atoms with Crippen molar-refractivity contribution in [3.05, 3.63) is 64.7 Å². The van der Waals surface area contributed by atoms with Crippen molar-refractivity contribution in [1.29, 1.82) is 10.5 Å². The molecule has 0 amide bonds. The molecule has 3 aromatic rings. The molecule has 4 nitrogen and oxygen atoms in total. The fourth-order valence-corrected chi connectivity index (χ4v) is 2.99. The number of thiazole rings is 1. The average Bonchev–Trinajstić information content (AvgIpc) is 2.99. The SMILES string of the molecule is N#C/C(=C(\O)c1ccc(C#N)cc1)c1nc2ccccc2s1. The largest absolute Gasteiger partial charge is 0.506 e. The first-order chi connectivity index (χ1) is 10.7. The number of aliphatic hydroxyl groups excluding tert-OH is 1. The minimum Gasteiger partial charge on any atom is -0.506 e. The van der Waals surface area contributed by atoms with E-state index in [4.69, 9.17) is 5.26 Å². The molecule has 0 spiro atoms. The average molecular weight is 303 g/mol. The third kappa shape index (κ3) is 2.42. The molecular formula is C17H9N3OS. The number of aliphatic hydroxyl groups is 1. The zero-order valence-electron chi connectivity index (χ0n) is 11.3. The Morgan fingerprint density at radius 3 is 2.41 bits per heavy atom. The van der Waals surface area contributed by atoms with E-state index >= 15 is 0 Å². The summed E-state index contributed by atoms with van der Waals surface area (Å²) in [5.41, 5.74) is 1.90. The second kappa shape index (κ2) is 5.69. The van der Waals surface area contributed by atoms with Crippen LogP contribution in [0.5, 0.6) is 0 Å². The first kappa shape index (κ1) is 13.8. The maximum Gasteiger partial charge on any atom is 0.143 e. The van der Waals surface area contributed by atoms with E-state index in [2.05, 4.69) is 4.98 Å². The molecule has 0 saturated heterocycles. The summed E-state index contributed by atoms with van der Waals surface area (Å²) in [4.78, 5) is 4.39. The van der Waals surface area contributed by atoms with E-state index in [1.807, 2.05) is 36.4 Å². The molecule has 1 heterocycles. The molecule has 0 unspecified atom stereocenters. The fourth-order valence-electron chi connectivity index (χ4n) is 2.03. The van der Waals surface area contributed by atoms with Crippen LogP contribution in [0.25, 0.3) is 21.5 Å². The van der Waals surface area contributed by atoms with Crippen LogP contribution < -0.4 is 0 Å². The lowest BCUT2D eigenvalue weighted by Crippen LogP contribution is -1.90. The zero-order valence-corrected chi connectivity index (χ0v) is 12.1. The zero-order chi connectivity index (χ0) is 15.5. The van der Waals surface area contributed by atoms with Crippen LogP contribution in [0, 0.1) is 22.7 Å². The van der Waals surface area contributed by atoms with Crippen LogP contribution in [0.3, 0.4) is 0 Å². The molecule has 104 valence electrons. The Labute approximate surface area is 130 Å². The van der Waals surface area contributed by atoms with Gasteiger partial charge in [0.05, 0.1) is 21.8 Å². The molecular weight excluding hydrogens is 294 g/mol. The van der Waals surface area contributed by atoms with Gasteiger partial charge in [0, 0.05) is 5.56 Å². The van der Waals surface area contributed by atoms with E-state index in [1.54, 1.807) is 24.3 Å². The van der Waals surface area contributed by atoms with Gasteiger partial charge in [0.15, 0.2) is 0 Å². The summed E-state index contributed by atoms with van der Waals surface area (Å²) < 4.78 is 0.956. The molecule has 0 saturated carbocycles. The Balaban J connectivity index is 2.11. The van der Waals surface area contributed by atoms with Crippen molar-refractivity contribution in [3.8, 4) is 12.1 Å². The normalized spacial score (nSPS) is 11.5. The third-order valence-corrected chi connectivity index (χ3v) is 4.20. The quantitative estimate of drug-likeness (QED) is 0.570. The summed E-state index contributed by atoms with van der Waals surface area (Å²) in [6.45, 7) is 0. The van der Waals surface area contributed by atoms with Crippen molar-refractivity contribution in [3.63, 3.8) is 0 Å². The number of hydrogen-bond acceptors (Lipinski definition) is 5. The molecule has 1 aromatic heterocycles. The Bertz CT molecular complexity index is 923. The lowest BCUT2D eigenvalue weighted by molar-refractivity contribution is 0.514. The predicted octanol–water partition coefficient (Wildman–Crippen LogP) is 4.12. The van der Waals surface area contributed by atoms with Gasteiger partial charge >= 0.3 is 0 Å². The monoisotopic (exact) mass is 303 g/mol. The van der Waals surface area contributed by atoms with Gasteiger partial charge in [-0.05, 0) is 36.4 Å². The molecule has 0 radical (unpaired) electrons. The summed E-state index contributed by atoms with van der Waals surface area (Å²) in [6, 6.07) is 18.0. The van der Waals surface area contributed by atoms with Gasteiger partial charge in [-0.2, -0.15) is 10.5 Å². The van der Waals surface area contributed by atoms with Crippen molar-refractivity contribution in [2.45, 2.75) is 0 Å². The molecule has 0 aliphatic heterocycles. The molecule has 0 aliphatic rings. The van der Waals surface area contributed by atoms with Crippen molar-refractivity contribution in [2.24, 2.45) is 0 Å². The van der Waals surface area contributed by atoms with E-state index in [1.165, 1.54) is 11.3 Å². The second-order valence-electron chi connectivity index (χ2n) is 4.51. The van der Waals surface area contributed by atoms with E-state index in [9.17, 15) is 10.4 Å². The molecule has 0 atom stereocenters. The minimum atomic E-state index is -0.133. The van der Waals surface area contributed by atoms with Gasteiger partial charge in [0.1, 0.15) is 22.4 Å². The smallest absolute Gasteiger partial charge is 0.143 e. The van der Waals surface area contributed by atoms with Gasteiger partial charge in [0.2, 0.25) is 0 Å². The summed E-state index contributed by atoms with van der Waals surface area (Å²) in [5, 5.41) is 29.0. The maximum atomic E-state index is 10.4. The van der Waals surface area contributed by atoms with Gasteiger partial charge in [-0.25, -0.2) is 4.98 Å². The Morgan fingerprint density at radius 2 is 1.77 bits per heavy atom. The van der Waals surface area contributed by atoms with Crippen molar-refractivity contribution >= 4 is 32.9 Å². The van der Waals surface area contributed by atoms with Crippen molar-refractivity contribution in [2.75, 3.05) is 0 Å². The fraction of sp³-hybridized carbons (Fsp3) is 0. The van der Waals surface area contributed by atoms with E-state index in [0.29, 0.717) is 16.1 Å². The molecule has 0 bridgehead atoms. The molecule has 3 rings (SSSR count). The lowest BCUT2D eigenvalue weighted by Gasteiger charge is -2.02. The highest BCUT2D eigenvalue weighted by atomic mass is 32.1. The van der Waals surface area contributed by atoms with Crippen LogP contribution in [0.15, 0.2) is 48.5 Å². The Kier molecular flexibility index (Phi) is 3.57. The second-order valence-corrected chi connectivity index (χ2v) is 5.54. The standard InChI is InChI=1S/C17H9N3OS/c18-9-11-5-7-12(8-6-11)16(21)13(10-19)17-20-14-3-1-2-4-15(14)22-17/h1-8,21H/b16-13+. The van der Waals surface area contributed by atoms with Gasteiger partial charge in [-0.1, -0.05) is 12.1 Å². The Morgan fingerprint density at radius 1 is 1.05 bits per heavy atom. The summed E-state index contributed by atoms with van der Waals surface area (Å²) in [7, 11) is 0. The topological polar surface area (TPSA) is 80.7 Å². The minimum absolute atomic E-state index is 0.130. The molecule has 0 aliphatic carbocycles. The van der Waals surface area contributed by atoms with Crippen LogP contribution >= 0.6 is 11.3 Å².